The van der Waals surface area contributed by atoms with Gasteiger partial charge in [-0.05, 0) is 49.0 Å². The second-order valence-corrected chi connectivity index (χ2v) is 9.59. The Labute approximate surface area is 231 Å². The summed E-state index contributed by atoms with van der Waals surface area (Å²) in [4.78, 5) is 49.9. The molecule has 4 amide bonds. The number of alkyl carbamates (subject to hydrolysis) is 1. The molecule has 9 nitrogen and oxygen atoms in total. The Bertz CT molecular complexity index is 1260. The normalized spacial score (nSPS) is 23.4. The Hall–Kier alpha value is -3.95. The molecule has 2 aromatic rings. The summed E-state index contributed by atoms with van der Waals surface area (Å²) < 4.78 is 16.9. The van der Waals surface area contributed by atoms with Crippen LogP contribution in [0, 0.1) is 0 Å². The van der Waals surface area contributed by atoms with Crippen molar-refractivity contribution in [3.8, 4) is 0 Å². The zero-order valence-corrected chi connectivity index (χ0v) is 22.1. The molecule has 0 radical (unpaired) electrons. The molecule has 2 aliphatic heterocycles. The summed E-state index contributed by atoms with van der Waals surface area (Å²) >= 11 is 5.38. The van der Waals surface area contributed by atoms with Crippen molar-refractivity contribution in [3.63, 3.8) is 0 Å². The first kappa shape index (κ1) is 28.1. The number of rotatable bonds is 8. The number of carbonyl (C=O) groups is 4. The number of hydrogen-bond donors (Lipinski definition) is 1. The number of benzene rings is 2. The molecule has 0 aromatic heterocycles. The third-order valence-electron chi connectivity index (χ3n) is 6.53. The van der Waals surface area contributed by atoms with Crippen LogP contribution in [0.3, 0.4) is 0 Å². The van der Waals surface area contributed by atoms with Crippen LogP contribution in [0.4, 0.5) is 9.59 Å². The molecule has 3 unspecified atom stereocenters. The number of alkyl halides is 1. The van der Waals surface area contributed by atoms with Crippen LogP contribution in [0.15, 0.2) is 72.3 Å². The number of nitrogens with one attached hydrogen (secondary N) is 1. The molecule has 204 valence electrons. The van der Waals surface area contributed by atoms with Gasteiger partial charge >= 0.3 is 12.2 Å². The van der Waals surface area contributed by atoms with Crippen molar-refractivity contribution in [2.45, 2.75) is 44.1 Å². The Morgan fingerprint density at radius 3 is 2.44 bits per heavy atom. The Kier molecular flexibility index (Phi) is 9.16. The average Bonchev–Trinajstić information content (AvgIpc) is 3.25. The summed E-state index contributed by atoms with van der Waals surface area (Å²) in [5, 5.41) is 2.02. The molecule has 2 heterocycles. The van der Waals surface area contributed by atoms with E-state index in [0.717, 1.165) is 21.6 Å². The average molecular weight is 553 g/mol. The van der Waals surface area contributed by atoms with Gasteiger partial charge in [0, 0.05) is 6.08 Å². The zero-order chi connectivity index (χ0) is 27.8. The van der Waals surface area contributed by atoms with Crippen LogP contribution in [0.1, 0.15) is 37.3 Å². The van der Waals surface area contributed by atoms with Crippen LogP contribution in [-0.4, -0.2) is 59.3 Å². The highest BCUT2D eigenvalue weighted by Crippen LogP contribution is 2.43. The highest BCUT2D eigenvalue weighted by atomic mass is 35.5. The highest BCUT2D eigenvalue weighted by Gasteiger charge is 2.53. The number of carbonyl (C=O) groups excluding carboxylic acids is 4. The number of nitrogens with zero attached hydrogens (tertiary/aromatic N) is 1. The van der Waals surface area contributed by atoms with E-state index in [1.54, 1.807) is 6.08 Å². The number of imide groups is 2. The van der Waals surface area contributed by atoms with E-state index in [9.17, 15) is 19.2 Å². The lowest BCUT2D eigenvalue weighted by Crippen LogP contribution is -2.50. The standard InChI is InChI=1S/C29H29ClN2O7/c1-29(15-8-16-37-27(35)31-24(33)19-30)22(17-21-11-6-3-7-12-21)18-23-26(39-29)38-28(36)32(23)25(34)14-13-20-9-4-2-5-10-20/h2-7,9-14,17,23,26H,8,15-16,18-19H2,1H3,(H,31,33,35). The molecule has 39 heavy (non-hydrogen) atoms. The largest absolute Gasteiger partial charge is 0.449 e. The molecule has 2 fully saturated rings. The van der Waals surface area contributed by atoms with E-state index in [2.05, 4.69) is 0 Å². The van der Waals surface area contributed by atoms with Gasteiger partial charge in [0.2, 0.25) is 12.2 Å². The van der Waals surface area contributed by atoms with Gasteiger partial charge in [0.1, 0.15) is 11.9 Å². The summed E-state index contributed by atoms with van der Waals surface area (Å²) in [6, 6.07) is 18.3. The van der Waals surface area contributed by atoms with Crippen LogP contribution in [0.5, 0.6) is 0 Å². The van der Waals surface area contributed by atoms with Crippen molar-refractivity contribution in [2.75, 3.05) is 12.5 Å². The van der Waals surface area contributed by atoms with Gasteiger partial charge in [-0.25, -0.2) is 14.5 Å². The Morgan fingerprint density at radius 1 is 1.10 bits per heavy atom. The third-order valence-corrected chi connectivity index (χ3v) is 6.78. The molecule has 4 rings (SSSR count). The van der Waals surface area contributed by atoms with Gasteiger partial charge < -0.3 is 14.2 Å². The maximum Gasteiger partial charge on any atom is 0.419 e. The van der Waals surface area contributed by atoms with E-state index in [0.29, 0.717) is 19.3 Å². The topological polar surface area (TPSA) is 111 Å². The van der Waals surface area contributed by atoms with Gasteiger partial charge in [0.15, 0.2) is 0 Å². The predicted molar refractivity (Wildman–Crippen MR) is 144 cm³/mol. The minimum Gasteiger partial charge on any atom is -0.449 e. The molecule has 2 saturated heterocycles. The molecule has 2 aliphatic rings. The molecular formula is C29H29ClN2O7. The van der Waals surface area contributed by atoms with Crippen LogP contribution in [0.2, 0.25) is 0 Å². The van der Waals surface area contributed by atoms with Crippen LogP contribution in [0.25, 0.3) is 12.2 Å². The van der Waals surface area contributed by atoms with Crippen molar-refractivity contribution < 1.29 is 33.4 Å². The Balaban J connectivity index is 1.50. The van der Waals surface area contributed by atoms with Crippen LogP contribution in [-0.2, 0) is 23.8 Å². The van der Waals surface area contributed by atoms with E-state index < -0.39 is 41.9 Å². The number of ether oxygens (including phenoxy) is 3. The lowest BCUT2D eigenvalue weighted by molar-refractivity contribution is -0.182. The van der Waals surface area contributed by atoms with Gasteiger partial charge in [0.05, 0.1) is 12.2 Å². The molecule has 1 N–H and O–H groups in total. The van der Waals surface area contributed by atoms with Crippen molar-refractivity contribution >= 4 is 47.8 Å². The molecule has 3 atom stereocenters. The summed E-state index contributed by atoms with van der Waals surface area (Å²) in [7, 11) is 0. The van der Waals surface area contributed by atoms with Gasteiger partial charge in [-0.3, -0.25) is 14.9 Å². The number of fused-ring (bicyclic) bond motifs is 1. The quantitative estimate of drug-likeness (QED) is 0.281. The summed E-state index contributed by atoms with van der Waals surface area (Å²) in [5.74, 6) is -1.49. The fourth-order valence-corrected chi connectivity index (χ4v) is 4.63. The number of halogens is 1. The van der Waals surface area contributed by atoms with Gasteiger partial charge in [0.25, 0.3) is 5.91 Å². The number of hydrogen-bond acceptors (Lipinski definition) is 7. The summed E-state index contributed by atoms with van der Waals surface area (Å²) in [5.41, 5.74) is 1.75. The first-order valence-electron chi connectivity index (χ1n) is 12.5. The zero-order valence-electron chi connectivity index (χ0n) is 21.4. The van der Waals surface area contributed by atoms with Gasteiger partial charge in [-0.1, -0.05) is 66.7 Å². The molecule has 0 spiro atoms. The van der Waals surface area contributed by atoms with E-state index in [1.165, 1.54) is 6.08 Å². The van der Waals surface area contributed by atoms with Crippen molar-refractivity contribution in [3.05, 3.63) is 83.4 Å². The first-order valence-corrected chi connectivity index (χ1v) is 13.1. The van der Waals surface area contributed by atoms with Crippen molar-refractivity contribution in [1.29, 1.82) is 0 Å². The van der Waals surface area contributed by atoms with Gasteiger partial charge in [-0.15, -0.1) is 11.6 Å². The lowest BCUT2D eigenvalue weighted by atomic mass is 9.82. The SMILES string of the molecule is CC1(CCCOC(=O)NC(=O)CCl)OC2OC(=O)N(C(=O)C=Cc3ccccc3)C2CC1=Cc1ccccc1. The monoisotopic (exact) mass is 552 g/mol. The minimum atomic E-state index is -0.949. The number of amides is 4. The molecule has 2 aromatic carbocycles. The second kappa shape index (κ2) is 12.7. The summed E-state index contributed by atoms with van der Waals surface area (Å²) in [6.07, 6.45) is 3.56. The second-order valence-electron chi connectivity index (χ2n) is 9.33. The van der Waals surface area contributed by atoms with Crippen molar-refractivity contribution in [1.82, 2.24) is 10.2 Å². The van der Waals surface area contributed by atoms with Gasteiger partial charge in [-0.2, -0.15) is 0 Å². The van der Waals surface area contributed by atoms with E-state index in [4.69, 9.17) is 25.8 Å². The highest BCUT2D eigenvalue weighted by molar-refractivity contribution is 6.28. The Morgan fingerprint density at radius 2 is 1.77 bits per heavy atom. The third kappa shape index (κ3) is 7.13. The smallest absolute Gasteiger partial charge is 0.419 e. The van der Waals surface area contributed by atoms with E-state index >= 15 is 0 Å². The predicted octanol–water partition coefficient (Wildman–Crippen LogP) is 4.91. The lowest BCUT2D eigenvalue weighted by Gasteiger charge is -2.42. The molecule has 0 saturated carbocycles. The minimum absolute atomic E-state index is 0.0295. The maximum atomic E-state index is 13.1. The van der Waals surface area contributed by atoms with E-state index in [-0.39, 0.29) is 12.5 Å². The molecular weight excluding hydrogens is 524 g/mol. The first-order chi connectivity index (χ1) is 18.8. The fraction of sp³-hybridized carbons (Fsp3) is 0.310. The van der Waals surface area contributed by atoms with Crippen LogP contribution < -0.4 is 5.32 Å². The van der Waals surface area contributed by atoms with Crippen LogP contribution >= 0.6 is 11.6 Å². The maximum absolute atomic E-state index is 13.1. The molecule has 0 aliphatic carbocycles. The summed E-state index contributed by atoms with van der Waals surface area (Å²) in [6.45, 7) is 1.91. The fourth-order valence-electron chi connectivity index (χ4n) is 4.56. The van der Waals surface area contributed by atoms with Crippen molar-refractivity contribution in [2.24, 2.45) is 0 Å². The van der Waals surface area contributed by atoms with E-state index in [1.807, 2.05) is 79.0 Å². The molecule has 10 heteroatoms. The molecule has 0 bridgehead atoms.